The normalized spacial score (nSPS) is 17.0. The molecule has 0 unspecified atom stereocenters. The van der Waals surface area contributed by atoms with Crippen LogP contribution in [0.1, 0.15) is 28.9 Å². The van der Waals surface area contributed by atoms with E-state index in [9.17, 15) is 4.79 Å². The number of piperidine rings is 1. The zero-order valence-corrected chi connectivity index (χ0v) is 12.0. The molecule has 3 heterocycles. The summed E-state index contributed by atoms with van der Waals surface area (Å²) in [5, 5.41) is 3.02. The van der Waals surface area contributed by atoms with E-state index < -0.39 is 0 Å². The lowest BCUT2D eigenvalue weighted by molar-refractivity contribution is 0.0935. The number of nitrogens with zero attached hydrogens (tertiary/aromatic N) is 2. The van der Waals surface area contributed by atoms with Crippen LogP contribution < -0.4 is 5.32 Å². The molecular formula is C15H21N5O. The minimum absolute atomic E-state index is 0.0103. The van der Waals surface area contributed by atoms with E-state index in [-0.39, 0.29) is 5.91 Å². The maximum atomic E-state index is 11.9. The van der Waals surface area contributed by atoms with Crippen molar-refractivity contribution in [3.63, 3.8) is 0 Å². The molecule has 21 heavy (non-hydrogen) atoms. The van der Waals surface area contributed by atoms with Crippen LogP contribution in [0, 0.1) is 5.92 Å². The van der Waals surface area contributed by atoms with Gasteiger partial charge in [-0.15, -0.1) is 0 Å². The van der Waals surface area contributed by atoms with E-state index in [0.29, 0.717) is 11.5 Å². The maximum absolute atomic E-state index is 11.9. The second-order valence-corrected chi connectivity index (χ2v) is 5.61. The van der Waals surface area contributed by atoms with Gasteiger partial charge in [-0.05, 0) is 37.9 Å². The van der Waals surface area contributed by atoms with Crippen molar-refractivity contribution in [2.24, 2.45) is 5.92 Å². The third kappa shape index (κ3) is 3.72. The number of carbonyl (C=O) groups excluding carboxylic acids is 1. The van der Waals surface area contributed by atoms with Crippen LogP contribution in [0.25, 0.3) is 0 Å². The Hall–Kier alpha value is -2.08. The molecule has 112 valence electrons. The smallest absolute Gasteiger partial charge is 0.252 e. The Morgan fingerprint density at radius 3 is 2.95 bits per heavy atom. The molecule has 0 aromatic carbocycles. The van der Waals surface area contributed by atoms with Crippen LogP contribution in [-0.2, 0) is 6.54 Å². The second-order valence-electron chi connectivity index (χ2n) is 5.61. The monoisotopic (exact) mass is 287 g/mol. The molecule has 1 saturated heterocycles. The molecule has 3 N–H and O–H groups in total. The van der Waals surface area contributed by atoms with Crippen molar-refractivity contribution in [1.29, 1.82) is 0 Å². The quantitative estimate of drug-likeness (QED) is 0.777. The van der Waals surface area contributed by atoms with Crippen molar-refractivity contribution in [2.75, 3.05) is 19.6 Å². The van der Waals surface area contributed by atoms with E-state index in [1.807, 2.05) is 6.20 Å². The van der Waals surface area contributed by atoms with Gasteiger partial charge in [0.1, 0.15) is 0 Å². The molecular weight excluding hydrogens is 266 g/mol. The Morgan fingerprint density at radius 2 is 2.29 bits per heavy atom. The fraction of sp³-hybridized carbons (Fsp3) is 0.467. The van der Waals surface area contributed by atoms with Crippen molar-refractivity contribution in [2.45, 2.75) is 19.4 Å². The number of nitrogens with one attached hydrogen (secondary N) is 3. The standard InChI is InChI=1S/C15H21N5O/c21-15(13-1-4-16-8-13)18-7-12-2-5-20(6-3-12)10-14-9-17-11-19-14/h1,4,8-9,11-12,16H,2-3,5-7,10H2,(H,17,19)(H,18,21). The highest BCUT2D eigenvalue weighted by atomic mass is 16.1. The first-order valence-corrected chi connectivity index (χ1v) is 7.42. The van der Waals surface area contributed by atoms with Gasteiger partial charge in [-0.3, -0.25) is 9.69 Å². The highest BCUT2D eigenvalue weighted by molar-refractivity contribution is 5.93. The molecule has 6 nitrogen and oxygen atoms in total. The van der Waals surface area contributed by atoms with Crippen LogP contribution in [0.15, 0.2) is 31.0 Å². The summed E-state index contributed by atoms with van der Waals surface area (Å²) in [5.41, 5.74) is 1.86. The summed E-state index contributed by atoms with van der Waals surface area (Å²) < 4.78 is 0. The number of imidazole rings is 1. The van der Waals surface area contributed by atoms with Crippen LogP contribution in [0.3, 0.4) is 0 Å². The Balaban J connectivity index is 1.39. The number of rotatable bonds is 5. The average molecular weight is 287 g/mol. The van der Waals surface area contributed by atoms with Crippen molar-refractivity contribution in [3.8, 4) is 0 Å². The van der Waals surface area contributed by atoms with Crippen LogP contribution in [0.5, 0.6) is 0 Å². The van der Waals surface area contributed by atoms with Gasteiger partial charge in [-0.1, -0.05) is 0 Å². The van der Waals surface area contributed by atoms with Crippen LogP contribution in [0.2, 0.25) is 0 Å². The van der Waals surface area contributed by atoms with E-state index in [1.165, 1.54) is 0 Å². The van der Waals surface area contributed by atoms with Gasteiger partial charge in [0.15, 0.2) is 0 Å². The third-order valence-corrected chi connectivity index (χ3v) is 4.07. The van der Waals surface area contributed by atoms with Gasteiger partial charge < -0.3 is 15.3 Å². The molecule has 2 aromatic rings. The van der Waals surface area contributed by atoms with Crippen LogP contribution >= 0.6 is 0 Å². The van der Waals surface area contributed by atoms with Crippen LogP contribution in [0.4, 0.5) is 0 Å². The number of likely N-dealkylation sites (tertiary alicyclic amines) is 1. The molecule has 3 rings (SSSR count). The Kier molecular flexibility index (Phi) is 4.35. The molecule has 2 aromatic heterocycles. The zero-order valence-electron chi connectivity index (χ0n) is 12.0. The molecule has 1 aliphatic rings. The van der Waals surface area contributed by atoms with Crippen molar-refractivity contribution in [3.05, 3.63) is 42.2 Å². The van der Waals surface area contributed by atoms with E-state index in [4.69, 9.17) is 0 Å². The number of hydrogen-bond acceptors (Lipinski definition) is 3. The summed E-state index contributed by atoms with van der Waals surface area (Å²) in [5.74, 6) is 0.585. The lowest BCUT2D eigenvalue weighted by Gasteiger charge is -2.31. The van der Waals surface area contributed by atoms with Gasteiger partial charge >= 0.3 is 0 Å². The SMILES string of the molecule is O=C(NCC1CCN(Cc2cnc[nH]2)CC1)c1cc[nH]c1. The summed E-state index contributed by atoms with van der Waals surface area (Å²) in [7, 11) is 0. The van der Waals surface area contributed by atoms with Crippen molar-refractivity contribution in [1.82, 2.24) is 25.2 Å². The first kappa shape index (κ1) is 13.9. The molecule has 0 spiro atoms. The van der Waals surface area contributed by atoms with Gasteiger partial charge in [0.2, 0.25) is 0 Å². The predicted octanol–water partition coefficient (Wildman–Crippen LogP) is 1.38. The summed E-state index contributed by atoms with van der Waals surface area (Å²) in [6, 6.07) is 1.79. The largest absolute Gasteiger partial charge is 0.367 e. The number of aromatic amines is 2. The van der Waals surface area contributed by atoms with Crippen molar-refractivity contribution < 1.29 is 4.79 Å². The zero-order chi connectivity index (χ0) is 14.5. The Bertz CT molecular complexity index is 541. The van der Waals surface area contributed by atoms with Gasteiger partial charge in [-0.2, -0.15) is 0 Å². The molecule has 0 bridgehead atoms. The summed E-state index contributed by atoms with van der Waals surface area (Å²) in [4.78, 5) is 24.4. The fourth-order valence-corrected chi connectivity index (χ4v) is 2.76. The molecule has 1 fully saturated rings. The summed E-state index contributed by atoms with van der Waals surface area (Å²) in [6.45, 7) is 3.85. The number of aromatic nitrogens is 3. The number of amides is 1. The highest BCUT2D eigenvalue weighted by Gasteiger charge is 2.20. The molecule has 6 heteroatoms. The maximum Gasteiger partial charge on any atom is 0.252 e. The van der Waals surface area contributed by atoms with E-state index in [1.54, 1.807) is 24.8 Å². The van der Waals surface area contributed by atoms with Gasteiger partial charge in [0.25, 0.3) is 5.91 Å². The predicted molar refractivity (Wildman–Crippen MR) is 79.7 cm³/mol. The summed E-state index contributed by atoms with van der Waals surface area (Å²) in [6.07, 6.45) is 9.34. The minimum atomic E-state index is 0.0103. The highest BCUT2D eigenvalue weighted by Crippen LogP contribution is 2.18. The first-order chi connectivity index (χ1) is 10.3. The summed E-state index contributed by atoms with van der Waals surface area (Å²) >= 11 is 0. The lowest BCUT2D eigenvalue weighted by Crippen LogP contribution is -2.38. The number of H-pyrrole nitrogens is 2. The third-order valence-electron chi connectivity index (χ3n) is 4.07. The number of hydrogen-bond donors (Lipinski definition) is 3. The minimum Gasteiger partial charge on any atom is -0.367 e. The second kappa shape index (κ2) is 6.58. The van der Waals surface area contributed by atoms with Crippen molar-refractivity contribution >= 4 is 5.91 Å². The van der Waals surface area contributed by atoms with E-state index in [0.717, 1.165) is 44.7 Å². The van der Waals surface area contributed by atoms with Gasteiger partial charge in [0, 0.05) is 37.4 Å². The van der Waals surface area contributed by atoms with E-state index in [2.05, 4.69) is 25.2 Å². The Morgan fingerprint density at radius 1 is 1.43 bits per heavy atom. The molecule has 1 aliphatic heterocycles. The van der Waals surface area contributed by atoms with Gasteiger partial charge in [-0.25, -0.2) is 4.98 Å². The molecule has 0 atom stereocenters. The van der Waals surface area contributed by atoms with Gasteiger partial charge in [0.05, 0.1) is 11.9 Å². The number of carbonyl (C=O) groups is 1. The Labute approximate surface area is 124 Å². The molecule has 0 radical (unpaired) electrons. The molecule has 1 amide bonds. The van der Waals surface area contributed by atoms with Crippen LogP contribution in [-0.4, -0.2) is 45.4 Å². The topological polar surface area (TPSA) is 76.8 Å². The average Bonchev–Trinajstić information content (AvgIpc) is 3.19. The molecule has 0 aliphatic carbocycles. The molecule has 0 saturated carbocycles. The lowest BCUT2D eigenvalue weighted by atomic mass is 9.96. The van der Waals surface area contributed by atoms with E-state index >= 15 is 0 Å². The first-order valence-electron chi connectivity index (χ1n) is 7.42. The fourth-order valence-electron chi connectivity index (χ4n) is 2.76.